The fourth-order valence-corrected chi connectivity index (χ4v) is 2.14. The Kier molecular flexibility index (Phi) is 5.49. The van der Waals surface area contributed by atoms with Crippen molar-refractivity contribution in [2.24, 2.45) is 0 Å². The molecule has 0 aliphatic heterocycles. The Morgan fingerprint density at radius 3 is 2.64 bits per heavy atom. The van der Waals surface area contributed by atoms with Crippen molar-refractivity contribution >= 4 is 5.91 Å². The van der Waals surface area contributed by atoms with E-state index < -0.39 is 0 Å². The molecular weight excluding hydrogens is 285 g/mol. The smallest absolute Gasteiger partial charge is 0.224 e. The van der Waals surface area contributed by atoms with Crippen molar-refractivity contribution in [1.29, 1.82) is 0 Å². The highest BCUT2D eigenvalue weighted by Gasteiger charge is 2.12. The van der Waals surface area contributed by atoms with E-state index in [1.54, 1.807) is 36.4 Å². The van der Waals surface area contributed by atoms with Crippen LogP contribution in [0.3, 0.4) is 0 Å². The maximum absolute atomic E-state index is 12.9. The Labute approximate surface area is 128 Å². The third-order valence-electron chi connectivity index (χ3n) is 3.29. The van der Waals surface area contributed by atoms with Gasteiger partial charge in [-0.25, -0.2) is 4.39 Å². The molecule has 0 aromatic heterocycles. The minimum atomic E-state index is -0.339. The molecule has 0 saturated heterocycles. The van der Waals surface area contributed by atoms with Gasteiger partial charge in [-0.1, -0.05) is 24.3 Å². The van der Waals surface area contributed by atoms with Gasteiger partial charge in [-0.05, 0) is 35.4 Å². The van der Waals surface area contributed by atoms with Crippen molar-refractivity contribution in [2.75, 3.05) is 13.7 Å². The van der Waals surface area contributed by atoms with Gasteiger partial charge in [-0.2, -0.15) is 0 Å². The van der Waals surface area contributed by atoms with Crippen LogP contribution >= 0.6 is 0 Å². The summed E-state index contributed by atoms with van der Waals surface area (Å²) in [4.78, 5) is 11.9. The second kappa shape index (κ2) is 7.56. The zero-order valence-corrected chi connectivity index (χ0v) is 12.3. The Morgan fingerprint density at radius 1 is 1.27 bits per heavy atom. The van der Waals surface area contributed by atoms with E-state index >= 15 is 0 Å². The van der Waals surface area contributed by atoms with Gasteiger partial charge in [-0.3, -0.25) is 4.79 Å². The molecule has 0 saturated carbocycles. The van der Waals surface area contributed by atoms with Gasteiger partial charge < -0.3 is 15.2 Å². The first-order valence-corrected chi connectivity index (χ1v) is 6.91. The molecule has 2 N–H and O–H groups in total. The van der Waals surface area contributed by atoms with Crippen molar-refractivity contribution in [1.82, 2.24) is 5.32 Å². The molecule has 2 rings (SSSR count). The van der Waals surface area contributed by atoms with E-state index in [2.05, 4.69) is 5.32 Å². The molecule has 0 spiro atoms. The van der Waals surface area contributed by atoms with Gasteiger partial charge >= 0.3 is 0 Å². The normalized spacial score (nSPS) is 11.9. The van der Waals surface area contributed by atoms with Gasteiger partial charge in [0.1, 0.15) is 11.6 Å². The molecule has 2 aromatic carbocycles. The lowest BCUT2D eigenvalue weighted by Crippen LogP contribution is -2.30. The van der Waals surface area contributed by atoms with Crippen molar-refractivity contribution in [3.8, 4) is 5.75 Å². The number of amides is 1. The minimum Gasteiger partial charge on any atom is -0.508 e. The highest BCUT2D eigenvalue weighted by Crippen LogP contribution is 2.16. The molecule has 4 nitrogen and oxygen atoms in total. The Hall–Kier alpha value is -2.40. The predicted molar refractivity (Wildman–Crippen MR) is 81.0 cm³/mol. The molecule has 116 valence electrons. The molecule has 0 fully saturated rings. The first-order chi connectivity index (χ1) is 10.6. The zero-order valence-electron chi connectivity index (χ0n) is 12.3. The van der Waals surface area contributed by atoms with Crippen LogP contribution in [0, 0.1) is 5.82 Å². The number of nitrogens with one attached hydrogen (secondary N) is 1. The van der Waals surface area contributed by atoms with Gasteiger partial charge in [0.2, 0.25) is 5.91 Å². The predicted octanol–water partition coefficient (Wildman–Crippen LogP) is 2.58. The lowest BCUT2D eigenvalue weighted by molar-refractivity contribution is -0.121. The highest BCUT2D eigenvalue weighted by atomic mass is 19.1. The molecule has 22 heavy (non-hydrogen) atoms. The number of hydrogen-bond acceptors (Lipinski definition) is 3. The summed E-state index contributed by atoms with van der Waals surface area (Å²) in [6.45, 7) is 0.291. The van der Waals surface area contributed by atoms with Gasteiger partial charge in [-0.15, -0.1) is 0 Å². The standard InChI is InChI=1S/C17H18FNO3/c1-22-16(13-5-7-14(18)8-6-13)11-19-17(21)10-12-3-2-4-15(20)9-12/h2-9,16,20H,10-11H2,1H3,(H,19,21)/t16-/m1/s1. The number of carbonyl (C=O) groups is 1. The van der Waals surface area contributed by atoms with Crippen LogP contribution in [0.25, 0.3) is 0 Å². The van der Waals surface area contributed by atoms with Crippen molar-refractivity contribution in [3.05, 3.63) is 65.5 Å². The number of halogens is 1. The van der Waals surface area contributed by atoms with Crippen LogP contribution in [0.2, 0.25) is 0 Å². The van der Waals surface area contributed by atoms with E-state index in [0.717, 1.165) is 11.1 Å². The molecule has 0 radical (unpaired) electrons. The number of benzene rings is 2. The summed E-state index contributed by atoms with van der Waals surface area (Å²) in [5, 5.41) is 12.1. The molecule has 2 aromatic rings. The summed E-state index contributed by atoms with van der Waals surface area (Å²) < 4.78 is 18.2. The maximum Gasteiger partial charge on any atom is 0.224 e. The van der Waals surface area contributed by atoms with Crippen molar-refractivity contribution in [2.45, 2.75) is 12.5 Å². The van der Waals surface area contributed by atoms with E-state index in [-0.39, 0.29) is 30.0 Å². The van der Waals surface area contributed by atoms with Crippen LogP contribution in [-0.2, 0) is 16.0 Å². The third-order valence-corrected chi connectivity index (χ3v) is 3.29. The SMILES string of the molecule is CO[C@H](CNC(=O)Cc1cccc(O)c1)c1ccc(F)cc1. The monoisotopic (exact) mass is 303 g/mol. The molecule has 1 amide bonds. The zero-order chi connectivity index (χ0) is 15.9. The van der Waals surface area contributed by atoms with E-state index in [1.807, 2.05) is 0 Å². The second-order valence-corrected chi connectivity index (χ2v) is 4.93. The van der Waals surface area contributed by atoms with E-state index in [4.69, 9.17) is 4.74 Å². The molecule has 0 unspecified atom stereocenters. The molecule has 5 heteroatoms. The van der Waals surface area contributed by atoms with E-state index in [9.17, 15) is 14.3 Å². The summed E-state index contributed by atoms with van der Waals surface area (Å²) in [6, 6.07) is 12.5. The highest BCUT2D eigenvalue weighted by molar-refractivity contribution is 5.78. The van der Waals surface area contributed by atoms with Crippen LogP contribution in [-0.4, -0.2) is 24.7 Å². The minimum absolute atomic E-state index is 0.131. The van der Waals surface area contributed by atoms with Crippen LogP contribution in [0.1, 0.15) is 17.2 Å². The van der Waals surface area contributed by atoms with Crippen LogP contribution in [0.4, 0.5) is 4.39 Å². The van der Waals surface area contributed by atoms with E-state index in [1.165, 1.54) is 19.2 Å². The van der Waals surface area contributed by atoms with Crippen molar-refractivity contribution < 1.29 is 19.0 Å². The number of carbonyl (C=O) groups excluding carboxylic acids is 1. The molecule has 0 aliphatic rings. The summed E-state index contributed by atoms with van der Waals surface area (Å²) in [5.74, 6) is -0.354. The third kappa shape index (κ3) is 4.56. The summed E-state index contributed by atoms with van der Waals surface area (Å²) in [6.07, 6.45) is -0.164. The topological polar surface area (TPSA) is 58.6 Å². The number of aromatic hydroxyl groups is 1. The Morgan fingerprint density at radius 2 is 2.00 bits per heavy atom. The van der Waals surface area contributed by atoms with Crippen LogP contribution < -0.4 is 5.32 Å². The number of phenols is 1. The van der Waals surface area contributed by atoms with Crippen molar-refractivity contribution in [3.63, 3.8) is 0 Å². The lowest BCUT2D eigenvalue weighted by Gasteiger charge is -2.16. The largest absolute Gasteiger partial charge is 0.508 e. The quantitative estimate of drug-likeness (QED) is 0.862. The van der Waals surface area contributed by atoms with E-state index in [0.29, 0.717) is 6.54 Å². The van der Waals surface area contributed by atoms with Gasteiger partial charge in [0, 0.05) is 13.7 Å². The second-order valence-electron chi connectivity index (χ2n) is 4.93. The van der Waals surface area contributed by atoms with Gasteiger partial charge in [0.15, 0.2) is 0 Å². The van der Waals surface area contributed by atoms with Gasteiger partial charge in [0.05, 0.1) is 12.5 Å². The Balaban J connectivity index is 1.90. The summed E-state index contributed by atoms with van der Waals surface area (Å²) in [5.41, 5.74) is 1.52. The van der Waals surface area contributed by atoms with Crippen LogP contribution in [0.15, 0.2) is 48.5 Å². The molecule has 0 heterocycles. The molecule has 1 atom stereocenters. The number of methoxy groups -OCH3 is 1. The van der Waals surface area contributed by atoms with Crippen LogP contribution in [0.5, 0.6) is 5.75 Å². The first kappa shape index (κ1) is 16.0. The summed E-state index contributed by atoms with van der Waals surface area (Å²) in [7, 11) is 1.54. The summed E-state index contributed by atoms with van der Waals surface area (Å²) >= 11 is 0. The average molecular weight is 303 g/mol. The number of rotatable bonds is 6. The Bertz CT molecular complexity index is 628. The fraction of sp³-hybridized carbons (Fsp3) is 0.235. The molecule has 0 bridgehead atoms. The number of hydrogen-bond donors (Lipinski definition) is 2. The fourth-order valence-electron chi connectivity index (χ4n) is 2.14. The molecule has 0 aliphatic carbocycles. The number of phenolic OH excluding ortho intramolecular Hbond substituents is 1. The maximum atomic E-state index is 12.9. The lowest BCUT2D eigenvalue weighted by atomic mass is 10.1. The number of ether oxygens (including phenoxy) is 1. The average Bonchev–Trinajstić information content (AvgIpc) is 2.49. The molecular formula is C17H18FNO3. The first-order valence-electron chi connectivity index (χ1n) is 6.91. The van der Waals surface area contributed by atoms with Gasteiger partial charge in [0.25, 0.3) is 0 Å².